The van der Waals surface area contributed by atoms with Gasteiger partial charge in [0, 0.05) is 17.3 Å². The van der Waals surface area contributed by atoms with Gasteiger partial charge in [0.1, 0.15) is 0 Å². The Morgan fingerprint density at radius 1 is 1.03 bits per heavy atom. The summed E-state index contributed by atoms with van der Waals surface area (Å²) in [5.41, 5.74) is -0.229. The molecule has 0 saturated heterocycles. The van der Waals surface area contributed by atoms with Crippen LogP contribution in [0.25, 0.3) is 4.85 Å². The summed E-state index contributed by atoms with van der Waals surface area (Å²) < 4.78 is 5.40. The second-order valence-corrected chi connectivity index (χ2v) is 14.0. The maximum Gasteiger partial charge on any atom is 0.312 e. The van der Waals surface area contributed by atoms with E-state index in [4.69, 9.17) is 11.3 Å². The number of Topliss-reactive ketones (excluding diaryl/α,β-unsaturated/α-hetero) is 1. The summed E-state index contributed by atoms with van der Waals surface area (Å²) in [4.78, 5) is 44.1. The lowest BCUT2D eigenvalue weighted by atomic mass is 9.35. The van der Waals surface area contributed by atoms with Crippen LogP contribution < -0.4 is 0 Å². The van der Waals surface area contributed by atoms with E-state index in [9.17, 15) is 14.4 Å². The smallest absolute Gasteiger partial charge is 0.312 e. The third kappa shape index (κ3) is 2.96. The van der Waals surface area contributed by atoms with Gasteiger partial charge < -0.3 is 9.53 Å². The van der Waals surface area contributed by atoms with E-state index in [1.165, 1.54) is 7.11 Å². The number of carbonyl (C=O) groups is 3. The number of fused-ring (bicyclic) bond motifs is 7. The Kier molecular flexibility index (Phi) is 5.40. The third-order valence-electron chi connectivity index (χ3n) is 12.1. The average Bonchev–Trinajstić information content (AvgIpc) is 2.82. The van der Waals surface area contributed by atoms with Crippen molar-refractivity contribution in [1.82, 2.24) is 0 Å². The SMILES string of the molecule is [C-]#[N+]C1=C[C@]2(C)C3=CC(=O)[C@@H]4[C@@H]5CC(C)(C)CC[C@]5(C(=O)OC)CC[C@@]4(C)[C@]3(C)CC[C@H]2[C@H](C)C1=O. The van der Waals surface area contributed by atoms with E-state index in [0.717, 1.165) is 50.5 Å². The molecule has 5 rings (SSSR count). The fraction of sp³-hybridized carbons (Fsp3) is 0.742. The van der Waals surface area contributed by atoms with Crippen molar-refractivity contribution in [3.8, 4) is 0 Å². The fourth-order valence-electron chi connectivity index (χ4n) is 9.78. The first-order valence-corrected chi connectivity index (χ1v) is 13.7. The van der Waals surface area contributed by atoms with Crippen LogP contribution in [0.4, 0.5) is 0 Å². The molecule has 0 aromatic rings. The van der Waals surface area contributed by atoms with Crippen molar-refractivity contribution >= 4 is 17.5 Å². The van der Waals surface area contributed by atoms with Gasteiger partial charge in [0.2, 0.25) is 5.70 Å². The fourth-order valence-corrected chi connectivity index (χ4v) is 9.78. The highest BCUT2D eigenvalue weighted by Gasteiger charge is 2.70. The minimum absolute atomic E-state index is 0.0405. The van der Waals surface area contributed by atoms with Crippen LogP contribution in [-0.2, 0) is 19.1 Å². The molecule has 3 saturated carbocycles. The molecule has 0 radical (unpaired) electrons. The number of rotatable bonds is 1. The van der Waals surface area contributed by atoms with Crippen molar-refractivity contribution in [3.63, 3.8) is 0 Å². The number of hydrogen-bond donors (Lipinski definition) is 0. The lowest BCUT2D eigenvalue weighted by Gasteiger charge is -2.68. The Bertz CT molecular complexity index is 1160. The summed E-state index contributed by atoms with van der Waals surface area (Å²) in [7, 11) is 1.48. The largest absolute Gasteiger partial charge is 0.469 e. The number of nitrogens with zero attached hydrogens (tertiary/aromatic N) is 1. The monoisotopic (exact) mass is 491 g/mol. The second kappa shape index (κ2) is 7.65. The molecule has 0 amide bonds. The molecule has 0 aliphatic heterocycles. The van der Waals surface area contributed by atoms with E-state index >= 15 is 0 Å². The Morgan fingerprint density at radius 2 is 1.69 bits per heavy atom. The molecule has 5 heteroatoms. The zero-order chi connectivity index (χ0) is 26.5. The molecule has 0 unspecified atom stereocenters. The minimum atomic E-state index is -0.587. The first kappa shape index (κ1) is 25.4. The third-order valence-corrected chi connectivity index (χ3v) is 12.1. The normalized spacial score (nSPS) is 47.2. The summed E-state index contributed by atoms with van der Waals surface area (Å²) >= 11 is 0. The van der Waals surface area contributed by atoms with Crippen LogP contribution in [0.3, 0.4) is 0 Å². The summed E-state index contributed by atoms with van der Waals surface area (Å²) in [5.74, 6) is -0.482. The van der Waals surface area contributed by atoms with E-state index in [1.807, 2.05) is 19.1 Å². The van der Waals surface area contributed by atoms with E-state index in [0.29, 0.717) is 0 Å². The van der Waals surface area contributed by atoms with Gasteiger partial charge in [-0.25, -0.2) is 4.85 Å². The van der Waals surface area contributed by atoms with Crippen LogP contribution in [0.1, 0.15) is 86.5 Å². The van der Waals surface area contributed by atoms with E-state index in [-0.39, 0.29) is 63.1 Å². The van der Waals surface area contributed by atoms with Crippen molar-refractivity contribution < 1.29 is 19.1 Å². The van der Waals surface area contributed by atoms with E-state index in [2.05, 4.69) is 39.5 Å². The number of hydrogen-bond acceptors (Lipinski definition) is 4. The molecule has 0 aromatic carbocycles. The number of allylic oxidation sites excluding steroid dienone is 4. The highest BCUT2D eigenvalue weighted by atomic mass is 16.5. The second-order valence-electron chi connectivity index (χ2n) is 14.0. The van der Waals surface area contributed by atoms with Crippen LogP contribution in [0.2, 0.25) is 0 Å². The number of esters is 1. The van der Waals surface area contributed by atoms with Gasteiger partial charge in [-0.1, -0.05) is 53.2 Å². The topological polar surface area (TPSA) is 64.8 Å². The molecule has 0 spiro atoms. The molecule has 5 aliphatic carbocycles. The molecule has 0 heterocycles. The molecular weight excluding hydrogens is 450 g/mol. The molecule has 36 heavy (non-hydrogen) atoms. The average molecular weight is 492 g/mol. The van der Waals surface area contributed by atoms with Gasteiger partial charge in [-0.15, -0.1) is 0 Å². The zero-order valence-corrected chi connectivity index (χ0v) is 23.0. The Morgan fingerprint density at radius 3 is 2.33 bits per heavy atom. The van der Waals surface area contributed by atoms with Crippen LogP contribution in [0.15, 0.2) is 23.4 Å². The number of methoxy groups -OCH3 is 1. The lowest BCUT2D eigenvalue weighted by Crippen LogP contribution is -2.65. The van der Waals surface area contributed by atoms with Crippen molar-refractivity contribution in [1.29, 1.82) is 0 Å². The van der Waals surface area contributed by atoms with E-state index in [1.54, 1.807) is 0 Å². The van der Waals surface area contributed by atoms with Gasteiger partial charge in [0.05, 0.1) is 19.1 Å². The molecule has 0 aromatic heterocycles. The summed E-state index contributed by atoms with van der Waals surface area (Å²) in [6.07, 6.45) is 9.74. The Balaban J connectivity index is 1.69. The van der Waals surface area contributed by atoms with Crippen molar-refractivity contribution in [3.05, 3.63) is 34.8 Å². The number of ether oxygens (including phenoxy) is 1. The first-order chi connectivity index (χ1) is 16.7. The zero-order valence-electron chi connectivity index (χ0n) is 23.0. The molecular formula is C31H41NO4. The minimum Gasteiger partial charge on any atom is -0.469 e. The van der Waals surface area contributed by atoms with Gasteiger partial charge in [-0.05, 0) is 79.1 Å². The Hall–Kier alpha value is -2.22. The van der Waals surface area contributed by atoms with E-state index < -0.39 is 10.8 Å². The highest BCUT2D eigenvalue weighted by molar-refractivity contribution is 6.01. The summed E-state index contributed by atoms with van der Waals surface area (Å²) in [6.45, 7) is 20.9. The first-order valence-electron chi connectivity index (χ1n) is 13.7. The van der Waals surface area contributed by atoms with Crippen LogP contribution in [0.5, 0.6) is 0 Å². The highest BCUT2D eigenvalue weighted by Crippen LogP contribution is 2.73. The molecule has 3 fully saturated rings. The molecule has 8 atom stereocenters. The molecule has 0 bridgehead atoms. The van der Waals surface area contributed by atoms with Crippen molar-refractivity contribution in [2.75, 3.05) is 7.11 Å². The van der Waals surface area contributed by atoms with Gasteiger partial charge >= 0.3 is 5.97 Å². The maximum atomic E-state index is 14.3. The predicted molar refractivity (Wildman–Crippen MR) is 137 cm³/mol. The van der Waals surface area contributed by atoms with Gasteiger partial charge in [0.25, 0.3) is 0 Å². The number of ketones is 2. The molecule has 5 nitrogen and oxygen atoms in total. The summed E-state index contributed by atoms with van der Waals surface area (Å²) in [5, 5.41) is 0. The Labute approximate surface area is 215 Å². The van der Waals surface area contributed by atoms with Gasteiger partial charge in [-0.2, -0.15) is 0 Å². The van der Waals surface area contributed by atoms with Crippen molar-refractivity contribution in [2.45, 2.75) is 86.5 Å². The van der Waals surface area contributed by atoms with Crippen LogP contribution in [0, 0.1) is 57.3 Å². The van der Waals surface area contributed by atoms with Gasteiger partial charge in [-0.3, -0.25) is 9.59 Å². The molecule has 0 N–H and O–H groups in total. The van der Waals surface area contributed by atoms with Gasteiger partial charge in [0.15, 0.2) is 11.6 Å². The maximum absolute atomic E-state index is 14.3. The van der Waals surface area contributed by atoms with Crippen LogP contribution >= 0.6 is 0 Å². The quantitative estimate of drug-likeness (QED) is 0.317. The number of carbonyl (C=O) groups excluding carboxylic acids is 3. The standard InChI is InChI=1S/C31H41NO4/c1-18-19-9-10-29(5)23(28(19,4)17-21(32-7)25(18)34)15-22(33)24-20-16-27(2,3)11-13-31(20,26(35)36-8)14-12-30(24,29)6/h15,17-20,24H,9-14,16H2,1-6,8H3/t18-,19-,20-,24-,28-,29+,30+,31-/m0/s1. The molecule has 5 aliphatic rings. The van der Waals surface area contributed by atoms with Crippen molar-refractivity contribution in [2.24, 2.45) is 50.7 Å². The van der Waals surface area contributed by atoms with Crippen LogP contribution in [-0.4, -0.2) is 24.6 Å². The summed E-state index contributed by atoms with van der Waals surface area (Å²) in [6, 6.07) is 0. The predicted octanol–water partition coefficient (Wildman–Crippen LogP) is 6.34. The molecule has 194 valence electrons. The lowest BCUT2D eigenvalue weighted by molar-refractivity contribution is -0.190.